The Morgan fingerprint density at radius 3 is 2.41 bits per heavy atom. The molecule has 0 saturated carbocycles. The third-order valence-electron chi connectivity index (χ3n) is 4.25. The molecule has 0 bridgehead atoms. The highest BCUT2D eigenvalue weighted by molar-refractivity contribution is 9.10. The maximum atomic E-state index is 13.3. The standard InChI is InChI=1S/C20H15BrClFN2O3S/c1-24-18(26)14(19(27)25(2)20(24)29)7-12-8-15(21)17(16(22)9-12)28-10-11-4-3-5-13(23)6-11/h3-9H,10H2,1-2H3. The first-order valence-electron chi connectivity index (χ1n) is 8.37. The molecule has 0 aliphatic carbocycles. The predicted octanol–water partition coefficient (Wildman–Crippen LogP) is 4.42. The number of halogens is 3. The number of hydrogen-bond acceptors (Lipinski definition) is 4. The fourth-order valence-corrected chi connectivity index (χ4v) is 3.88. The lowest BCUT2D eigenvalue weighted by Crippen LogP contribution is -2.52. The van der Waals surface area contributed by atoms with Crippen LogP contribution in [0.2, 0.25) is 5.02 Å². The Balaban J connectivity index is 1.87. The number of rotatable bonds is 4. The Hall–Kier alpha value is -2.29. The van der Waals surface area contributed by atoms with Gasteiger partial charge in [0.05, 0.1) is 9.50 Å². The smallest absolute Gasteiger partial charge is 0.265 e. The number of carbonyl (C=O) groups is 2. The quantitative estimate of drug-likeness (QED) is 0.356. The van der Waals surface area contributed by atoms with Gasteiger partial charge in [0.15, 0.2) is 10.9 Å². The molecule has 0 unspecified atom stereocenters. The zero-order valence-electron chi connectivity index (χ0n) is 15.4. The fourth-order valence-electron chi connectivity index (χ4n) is 2.72. The van der Waals surface area contributed by atoms with E-state index in [2.05, 4.69) is 15.9 Å². The van der Waals surface area contributed by atoms with Crippen LogP contribution in [0.5, 0.6) is 5.75 Å². The summed E-state index contributed by atoms with van der Waals surface area (Å²) in [5, 5.41) is 0.410. The molecule has 1 aliphatic rings. The van der Waals surface area contributed by atoms with E-state index in [1.165, 1.54) is 42.1 Å². The first kappa shape index (κ1) is 21.4. The van der Waals surface area contributed by atoms with Gasteiger partial charge in [0.1, 0.15) is 18.0 Å². The van der Waals surface area contributed by atoms with E-state index >= 15 is 0 Å². The molecule has 1 saturated heterocycles. The van der Waals surface area contributed by atoms with Crippen molar-refractivity contribution in [3.8, 4) is 5.75 Å². The monoisotopic (exact) mass is 496 g/mol. The fraction of sp³-hybridized carbons (Fsp3) is 0.150. The van der Waals surface area contributed by atoms with Gasteiger partial charge in [-0.2, -0.15) is 0 Å². The lowest BCUT2D eigenvalue weighted by atomic mass is 10.1. The van der Waals surface area contributed by atoms with Gasteiger partial charge in [-0.15, -0.1) is 0 Å². The summed E-state index contributed by atoms with van der Waals surface area (Å²) < 4.78 is 19.5. The molecule has 0 aromatic heterocycles. The van der Waals surface area contributed by atoms with E-state index < -0.39 is 11.8 Å². The Kier molecular flexibility index (Phi) is 6.36. The number of nitrogens with zero attached hydrogens (tertiary/aromatic N) is 2. The minimum atomic E-state index is -0.489. The van der Waals surface area contributed by atoms with Gasteiger partial charge in [-0.05, 0) is 69.6 Å². The highest BCUT2D eigenvalue weighted by Gasteiger charge is 2.35. The van der Waals surface area contributed by atoms with Crippen LogP contribution < -0.4 is 4.74 Å². The third kappa shape index (κ3) is 4.49. The third-order valence-corrected chi connectivity index (χ3v) is 5.67. The molecule has 3 rings (SSSR count). The van der Waals surface area contributed by atoms with Crippen molar-refractivity contribution in [1.29, 1.82) is 0 Å². The van der Waals surface area contributed by atoms with E-state index in [1.54, 1.807) is 24.3 Å². The van der Waals surface area contributed by atoms with Crippen molar-refractivity contribution < 1.29 is 18.7 Å². The van der Waals surface area contributed by atoms with Crippen molar-refractivity contribution in [3.63, 3.8) is 0 Å². The van der Waals surface area contributed by atoms with Crippen LogP contribution in [0.1, 0.15) is 11.1 Å². The lowest BCUT2D eigenvalue weighted by molar-refractivity contribution is -0.132. The van der Waals surface area contributed by atoms with Crippen LogP contribution in [-0.4, -0.2) is 40.8 Å². The van der Waals surface area contributed by atoms with E-state index in [1.807, 2.05) is 0 Å². The van der Waals surface area contributed by atoms with Crippen molar-refractivity contribution >= 4 is 62.8 Å². The van der Waals surface area contributed by atoms with Crippen LogP contribution in [0.15, 0.2) is 46.4 Å². The zero-order chi connectivity index (χ0) is 21.3. The van der Waals surface area contributed by atoms with Crippen LogP contribution >= 0.6 is 39.7 Å². The van der Waals surface area contributed by atoms with Crippen LogP contribution in [-0.2, 0) is 16.2 Å². The van der Waals surface area contributed by atoms with Crippen molar-refractivity contribution in [2.75, 3.05) is 14.1 Å². The Morgan fingerprint density at radius 2 is 1.83 bits per heavy atom. The molecule has 9 heteroatoms. The molecule has 1 aliphatic heterocycles. The number of likely N-dealkylation sites (N-methyl/N-ethyl adjacent to an activating group) is 2. The van der Waals surface area contributed by atoms with Gasteiger partial charge in [-0.25, -0.2) is 4.39 Å². The molecular formula is C20H15BrClFN2O3S. The summed E-state index contributed by atoms with van der Waals surface area (Å²) in [5.74, 6) is -0.960. The number of hydrogen-bond donors (Lipinski definition) is 0. The van der Waals surface area contributed by atoms with Crippen molar-refractivity contribution in [1.82, 2.24) is 9.80 Å². The second-order valence-corrected chi connectivity index (χ2v) is 7.93. The Morgan fingerprint density at radius 1 is 1.17 bits per heavy atom. The second-order valence-electron chi connectivity index (χ2n) is 6.30. The molecule has 2 aromatic rings. The first-order chi connectivity index (χ1) is 13.7. The summed E-state index contributed by atoms with van der Waals surface area (Å²) in [6.07, 6.45) is 1.45. The SMILES string of the molecule is CN1C(=O)C(=Cc2cc(Cl)c(OCc3cccc(F)c3)c(Br)c2)C(=O)N(C)C1=S. The van der Waals surface area contributed by atoms with Crippen molar-refractivity contribution in [3.05, 3.63) is 68.4 Å². The van der Waals surface area contributed by atoms with Gasteiger partial charge < -0.3 is 4.74 Å². The summed E-state index contributed by atoms with van der Waals surface area (Å²) >= 11 is 14.8. The van der Waals surface area contributed by atoms with Crippen LogP contribution in [0.3, 0.4) is 0 Å². The normalized spacial score (nSPS) is 14.5. The van der Waals surface area contributed by atoms with Crippen LogP contribution in [0.25, 0.3) is 6.08 Å². The Bertz CT molecular complexity index is 1010. The highest BCUT2D eigenvalue weighted by Crippen LogP contribution is 2.36. The molecule has 2 aromatic carbocycles. The van der Waals surface area contributed by atoms with Gasteiger partial charge >= 0.3 is 0 Å². The maximum Gasteiger partial charge on any atom is 0.265 e. The number of ether oxygens (including phenoxy) is 1. The van der Waals surface area contributed by atoms with Crippen molar-refractivity contribution in [2.45, 2.75) is 6.61 Å². The molecule has 0 spiro atoms. The summed E-state index contributed by atoms with van der Waals surface area (Å²) in [6, 6.07) is 9.31. The van der Waals surface area contributed by atoms with Crippen LogP contribution in [0.4, 0.5) is 4.39 Å². The minimum absolute atomic E-state index is 0.0278. The average Bonchev–Trinajstić information content (AvgIpc) is 2.67. The topological polar surface area (TPSA) is 49.9 Å². The minimum Gasteiger partial charge on any atom is -0.486 e. The molecular weight excluding hydrogens is 483 g/mol. The summed E-state index contributed by atoms with van der Waals surface area (Å²) in [7, 11) is 3.02. The van der Waals surface area contributed by atoms with E-state index in [0.29, 0.717) is 21.3 Å². The second kappa shape index (κ2) is 8.61. The molecule has 0 atom stereocenters. The molecule has 0 N–H and O–H groups in total. The average molecular weight is 498 g/mol. The van der Waals surface area contributed by atoms with Gasteiger partial charge in [0.2, 0.25) is 0 Å². The molecule has 150 valence electrons. The largest absolute Gasteiger partial charge is 0.486 e. The molecule has 1 fully saturated rings. The molecule has 2 amide bonds. The van der Waals surface area contributed by atoms with Gasteiger partial charge in [-0.1, -0.05) is 23.7 Å². The van der Waals surface area contributed by atoms with Crippen molar-refractivity contribution in [2.24, 2.45) is 0 Å². The van der Waals surface area contributed by atoms with E-state index in [0.717, 1.165) is 0 Å². The highest BCUT2D eigenvalue weighted by atomic mass is 79.9. The molecule has 5 nitrogen and oxygen atoms in total. The Labute approximate surface area is 185 Å². The number of thiocarbonyl (C=S) groups is 1. The van der Waals surface area contributed by atoms with E-state index in [4.69, 9.17) is 28.6 Å². The molecule has 0 radical (unpaired) electrons. The maximum absolute atomic E-state index is 13.3. The van der Waals surface area contributed by atoms with Gasteiger partial charge in [0, 0.05) is 14.1 Å². The van der Waals surface area contributed by atoms with Crippen LogP contribution in [0, 0.1) is 5.82 Å². The zero-order valence-corrected chi connectivity index (χ0v) is 18.6. The molecule has 1 heterocycles. The summed E-state index contributed by atoms with van der Waals surface area (Å²) in [4.78, 5) is 27.3. The summed E-state index contributed by atoms with van der Waals surface area (Å²) in [6.45, 7) is 0.126. The van der Waals surface area contributed by atoms with Gasteiger partial charge in [-0.3, -0.25) is 19.4 Å². The first-order valence-corrected chi connectivity index (χ1v) is 9.95. The van der Waals surface area contributed by atoms with E-state index in [-0.39, 0.29) is 28.1 Å². The van der Waals surface area contributed by atoms with E-state index in [9.17, 15) is 14.0 Å². The number of benzene rings is 2. The molecule has 29 heavy (non-hydrogen) atoms. The van der Waals surface area contributed by atoms with Gasteiger partial charge in [0.25, 0.3) is 11.8 Å². The predicted molar refractivity (Wildman–Crippen MR) is 116 cm³/mol. The number of carbonyl (C=O) groups excluding carboxylic acids is 2. The lowest BCUT2D eigenvalue weighted by Gasteiger charge is -2.31. The number of amides is 2. The summed E-state index contributed by atoms with van der Waals surface area (Å²) in [5.41, 5.74) is 1.16.